The largest absolute Gasteiger partial charge is 0.472 e. The third kappa shape index (κ3) is 52.7. The summed E-state index contributed by atoms with van der Waals surface area (Å²) in [4.78, 5) is 48.5. The van der Waals surface area contributed by atoms with E-state index in [2.05, 4.69) is 130 Å². The van der Waals surface area contributed by atoms with Crippen LogP contribution >= 0.6 is 7.82 Å². The smallest absolute Gasteiger partial charge is 0.462 e. The fourth-order valence-corrected chi connectivity index (χ4v) is 7.88. The molecule has 0 aromatic heterocycles. The van der Waals surface area contributed by atoms with E-state index in [-0.39, 0.29) is 25.9 Å². The van der Waals surface area contributed by atoms with Gasteiger partial charge in [-0.05, 0) is 116 Å². The van der Waals surface area contributed by atoms with Crippen LogP contribution in [0, 0.1) is 0 Å². The molecule has 74 heavy (non-hydrogen) atoms. The van der Waals surface area contributed by atoms with E-state index < -0.39 is 57.8 Å². The maximum Gasteiger partial charge on any atom is 0.472 e. The molecule has 0 heterocycles. The van der Waals surface area contributed by atoms with Gasteiger partial charge in [0.2, 0.25) is 0 Å². The van der Waals surface area contributed by atoms with Crippen molar-refractivity contribution in [3.05, 3.63) is 122 Å². The van der Waals surface area contributed by atoms with E-state index in [1.807, 2.05) is 12.2 Å². The Bertz CT molecular complexity index is 1700. The van der Waals surface area contributed by atoms with E-state index in [4.69, 9.17) is 23.3 Å². The minimum atomic E-state index is -4.78. The molecule has 0 bridgehead atoms. The molecule has 11 nitrogen and oxygen atoms in total. The lowest BCUT2D eigenvalue weighted by Crippen LogP contribution is -2.30. The number of aliphatic hydroxyl groups excluding tert-OH is 1. The summed E-state index contributed by atoms with van der Waals surface area (Å²) >= 11 is 0. The topological polar surface area (TPSA) is 155 Å². The molecule has 0 rings (SSSR count). The van der Waals surface area contributed by atoms with Crippen molar-refractivity contribution >= 4 is 25.7 Å². The second kappa shape index (κ2) is 55.1. The number of esters is 3. The third-order valence-electron chi connectivity index (χ3n) is 11.4. The normalized spacial score (nSPS) is 14.3. The van der Waals surface area contributed by atoms with Crippen molar-refractivity contribution in [2.45, 2.75) is 226 Å². The highest BCUT2D eigenvalue weighted by molar-refractivity contribution is 7.47. The molecule has 0 aliphatic heterocycles. The molecule has 3 unspecified atom stereocenters. The zero-order chi connectivity index (χ0) is 54.1. The van der Waals surface area contributed by atoms with Gasteiger partial charge in [0.25, 0.3) is 0 Å². The number of unbranched alkanes of at least 4 members (excludes halogenated alkanes) is 14. The Labute approximate surface area is 449 Å². The van der Waals surface area contributed by atoms with Crippen molar-refractivity contribution in [3.63, 3.8) is 0 Å². The van der Waals surface area contributed by atoms with Gasteiger partial charge in [-0.25, -0.2) is 4.57 Å². The number of aliphatic hydroxyl groups is 1. The Hall–Kier alpha value is -4.12. The molecule has 0 saturated carbocycles. The first-order valence-electron chi connectivity index (χ1n) is 28.4. The summed E-state index contributed by atoms with van der Waals surface area (Å²) in [5.74, 6) is -1.61. The second-order valence-electron chi connectivity index (χ2n) is 18.3. The molecular weight excluding hydrogens is 952 g/mol. The average Bonchev–Trinajstić information content (AvgIpc) is 3.39. The Morgan fingerprint density at radius 1 is 0.392 bits per heavy atom. The zero-order valence-electron chi connectivity index (χ0n) is 46.3. The number of phosphoric ester groups is 1. The summed E-state index contributed by atoms with van der Waals surface area (Å²) in [5, 5.41) is 9.80. The number of hydrogen-bond donors (Lipinski definition) is 2. The molecule has 2 N–H and O–H groups in total. The summed E-state index contributed by atoms with van der Waals surface area (Å²) in [5.41, 5.74) is 0. The number of allylic oxidation sites excluding steroid dienone is 20. The number of hydrogen-bond acceptors (Lipinski definition) is 10. The van der Waals surface area contributed by atoms with Crippen LogP contribution < -0.4 is 0 Å². The molecule has 0 aromatic rings. The first kappa shape index (κ1) is 69.9. The molecule has 0 spiro atoms. The SMILES string of the molecule is CC/C=C\C/C=C\C/C=C\C/C=C\C/C=C\C/C=C\CCC(=O)OC(COC(=O)CCCCCCC/C=C\C/C=C\C/C=C\CC)COP(=O)(O)OCC(CO)OC(=O)CCCCCCC/C=C\CCCCCC. The van der Waals surface area contributed by atoms with Gasteiger partial charge < -0.3 is 24.2 Å². The number of phosphoric acid groups is 1. The van der Waals surface area contributed by atoms with E-state index >= 15 is 0 Å². The summed E-state index contributed by atoms with van der Waals surface area (Å²) in [6.45, 7) is 4.27. The zero-order valence-corrected chi connectivity index (χ0v) is 47.2. The predicted molar refractivity (Wildman–Crippen MR) is 306 cm³/mol. The monoisotopic (exact) mass is 1050 g/mol. The predicted octanol–water partition coefficient (Wildman–Crippen LogP) is 16.8. The van der Waals surface area contributed by atoms with E-state index in [1.54, 1.807) is 0 Å². The van der Waals surface area contributed by atoms with Crippen LogP contribution in [0.25, 0.3) is 0 Å². The van der Waals surface area contributed by atoms with E-state index in [0.29, 0.717) is 25.7 Å². The summed E-state index contributed by atoms with van der Waals surface area (Å²) in [6, 6.07) is 0. The molecule has 0 aromatic carbocycles. The lowest BCUT2D eigenvalue weighted by molar-refractivity contribution is -0.161. The second-order valence-corrected chi connectivity index (χ2v) is 19.8. The first-order chi connectivity index (χ1) is 36.2. The van der Waals surface area contributed by atoms with Crippen molar-refractivity contribution in [2.24, 2.45) is 0 Å². The summed E-state index contributed by atoms with van der Waals surface area (Å²) in [7, 11) is -4.78. The van der Waals surface area contributed by atoms with Crippen LogP contribution in [0.3, 0.4) is 0 Å². The lowest BCUT2D eigenvalue weighted by atomic mass is 10.1. The van der Waals surface area contributed by atoms with Crippen LogP contribution in [0.2, 0.25) is 0 Å². The van der Waals surface area contributed by atoms with Gasteiger partial charge in [-0.2, -0.15) is 0 Å². The van der Waals surface area contributed by atoms with Crippen molar-refractivity contribution in [1.82, 2.24) is 0 Å². The van der Waals surface area contributed by atoms with E-state index in [0.717, 1.165) is 122 Å². The average molecular weight is 1050 g/mol. The molecule has 0 saturated heterocycles. The van der Waals surface area contributed by atoms with E-state index in [1.165, 1.54) is 25.7 Å². The van der Waals surface area contributed by atoms with Crippen LogP contribution in [-0.4, -0.2) is 66.5 Å². The summed E-state index contributed by atoms with van der Waals surface area (Å²) in [6.07, 6.45) is 67.4. The van der Waals surface area contributed by atoms with Gasteiger partial charge in [0, 0.05) is 19.3 Å². The quantitative estimate of drug-likeness (QED) is 0.0197. The fraction of sp³-hybridized carbons (Fsp3) is 0.629. The van der Waals surface area contributed by atoms with Crippen LogP contribution in [-0.2, 0) is 42.2 Å². The van der Waals surface area contributed by atoms with Crippen LogP contribution in [0.4, 0.5) is 0 Å². The molecule has 0 aliphatic rings. The van der Waals surface area contributed by atoms with Gasteiger partial charge in [-0.15, -0.1) is 0 Å². The van der Waals surface area contributed by atoms with Gasteiger partial charge in [0.15, 0.2) is 6.10 Å². The maximum absolute atomic E-state index is 12.9. The standard InChI is InChI=1S/C62H101O11P/c1-4-7-10-13-16-19-22-25-27-28-29-30-32-35-38-41-44-47-50-53-62(66)73-59(55-69-60(64)51-48-45-42-39-36-34-31-26-23-20-17-14-11-8-5-2)57-71-74(67,68)70-56-58(54-63)72-61(65)52-49-46-43-40-37-33-24-21-18-15-12-9-6-3/h7-8,10-11,16-17,19-21,24-27,29-31,35,38,44,47,58-59,63H,4-6,9,12-15,18,22-23,28,32-34,36-37,39-43,45-46,48-57H2,1-3H3,(H,67,68)/b10-7-,11-8-,19-16-,20-17-,24-21-,27-25-,30-29-,31-26-,38-35-,47-44-. The lowest BCUT2D eigenvalue weighted by Gasteiger charge is -2.21. The first-order valence-corrected chi connectivity index (χ1v) is 29.9. The highest BCUT2D eigenvalue weighted by Crippen LogP contribution is 2.43. The summed E-state index contributed by atoms with van der Waals surface area (Å²) < 4.78 is 39.4. The Morgan fingerprint density at radius 2 is 0.730 bits per heavy atom. The minimum Gasteiger partial charge on any atom is -0.462 e. The van der Waals surface area contributed by atoms with Gasteiger partial charge in [-0.1, -0.05) is 200 Å². The molecule has 0 radical (unpaired) electrons. The highest BCUT2D eigenvalue weighted by atomic mass is 31.2. The van der Waals surface area contributed by atoms with Gasteiger partial charge >= 0.3 is 25.7 Å². The molecule has 0 fully saturated rings. The Morgan fingerprint density at radius 3 is 1.18 bits per heavy atom. The van der Waals surface area contributed by atoms with E-state index in [9.17, 15) is 28.9 Å². The molecule has 3 atom stereocenters. The number of carbonyl (C=O) groups excluding carboxylic acids is 3. The molecule has 0 amide bonds. The third-order valence-corrected chi connectivity index (χ3v) is 12.3. The van der Waals surface area contributed by atoms with Crippen molar-refractivity contribution in [1.29, 1.82) is 0 Å². The number of rotatable bonds is 51. The van der Waals surface area contributed by atoms with Crippen molar-refractivity contribution in [3.8, 4) is 0 Å². The van der Waals surface area contributed by atoms with Crippen LogP contribution in [0.5, 0.6) is 0 Å². The Balaban J connectivity index is 4.90. The van der Waals surface area contributed by atoms with Crippen molar-refractivity contribution < 1.29 is 52.2 Å². The molecule has 12 heteroatoms. The molecule has 0 aliphatic carbocycles. The van der Waals surface area contributed by atoms with Gasteiger partial charge in [0.05, 0.1) is 19.8 Å². The van der Waals surface area contributed by atoms with Gasteiger partial charge in [-0.3, -0.25) is 23.4 Å². The van der Waals surface area contributed by atoms with Crippen LogP contribution in [0.1, 0.15) is 213 Å². The minimum absolute atomic E-state index is 0.0319. The highest BCUT2D eigenvalue weighted by Gasteiger charge is 2.28. The molecule has 420 valence electrons. The fourth-order valence-electron chi connectivity index (χ4n) is 7.10. The maximum atomic E-state index is 12.9. The van der Waals surface area contributed by atoms with Crippen LogP contribution in [0.15, 0.2) is 122 Å². The number of carbonyl (C=O) groups is 3. The van der Waals surface area contributed by atoms with Gasteiger partial charge in [0.1, 0.15) is 12.7 Å². The molecular formula is C62H101O11P. The number of ether oxygens (including phenoxy) is 3. The van der Waals surface area contributed by atoms with Crippen molar-refractivity contribution in [2.75, 3.05) is 26.4 Å². The Kier molecular flexibility index (Phi) is 52.1.